The molecule has 5 nitrogen and oxygen atoms in total. The van der Waals surface area contributed by atoms with Crippen molar-refractivity contribution < 1.29 is 4.74 Å². The van der Waals surface area contributed by atoms with E-state index in [0.717, 1.165) is 36.8 Å². The second-order valence-corrected chi connectivity index (χ2v) is 5.99. The molecule has 0 aliphatic heterocycles. The lowest BCUT2D eigenvalue weighted by Gasteiger charge is -2.13. The Kier molecular flexibility index (Phi) is 7.26. The van der Waals surface area contributed by atoms with Gasteiger partial charge in [0, 0.05) is 31.0 Å². The highest BCUT2D eigenvalue weighted by molar-refractivity contribution is 5.79. The van der Waals surface area contributed by atoms with Crippen molar-refractivity contribution in [2.24, 2.45) is 4.99 Å². The molecule has 2 aromatic rings. The third-order valence-corrected chi connectivity index (χ3v) is 4.02. The van der Waals surface area contributed by atoms with E-state index in [4.69, 9.17) is 4.74 Å². The Morgan fingerprint density at radius 3 is 2.72 bits per heavy atom. The van der Waals surface area contributed by atoms with Gasteiger partial charge >= 0.3 is 0 Å². The summed E-state index contributed by atoms with van der Waals surface area (Å²) in [5.74, 6) is 1.70. The number of guanidine groups is 1. The lowest BCUT2D eigenvalue weighted by molar-refractivity contribution is 0.409. The van der Waals surface area contributed by atoms with E-state index in [0.29, 0.717) is 6.54 Å². The highest BCUT2D eigenvalue weighted by Crippen LogP contribution is 2.20. The Morgan fingerprint density at radius 1 is 1.16 bits per heavy atom. The molecule has 0 saturated heterocycles. The average molecular weight is 340 g/mol. The van der Waals surface area contributed by atoms with Crippen LogP contribution >= 0.6 is 0 Å². The summed E-state index contributed by atoms with van der Waals surface area (Å²) in [7, 11) is 1.70. The molecule has 0 radical (unpaired) electrons. The van der Waals surface area contributed by atoms with Gasteiger partial charge in [-0.25, -0.2) is 4.99 Å². The van der Waals surface area contributed by atoms with Crippen LogP contribution in [0.3, 0.4) is 0 Å². The van der Waals surface area contributed by atoms with Crippen molar-refractivity contribution in [3.63, 3.8) is 0 Å². The zero-order valence-electron chi connectivity index (χ0n) is 15.6. The molecular weight excluding hydrogens is 312 g/mol. The maximum Gasteiger partial charge on any atom is 0.191 e. The Labute approximate surface area is 150 Å². The monoisotopic (exact) mass is 340 g/mol. The molecule has 2 rings (SSSR count). The average Bonchev–Trinajstić information content (AvgIpc) is 2.62. The molecule has 2 N–H and O–H groups in total. The van der Waals surface area contributed by atoms with Crippen LogP contribution in [0, 0.1) is 13.8 Å². The van der Waals surface area contributed by atoms with Crippen molar-refractivity contribution in [2.45, 2.75) is 33.7 Å². The molecule has 0 unspecified atom stereocenters. The molecule has 0 spiro atoms. The van der Waals surface area contributed by atoms with Gasteiger partial charge in [0.2, 0.25) is 0 Å². The Bertz CT molecular complexity index is 713. The van der Waals surface area contributed by atoms with Crippen LogP contribution in [0.4, 0.5) is 0 Å². The highest BCUT2D eigenvalue weighted by atomic mass is 16.5. The molecule has 1 heterocycles. The first kappa shape index (κ1) is 18.8. The summed E-state index contributed by atoms with van der Waals surface area (Å²) >= 11 is 0. The molecule has 0 amide bonds. The number of nitrogens with one attached hydrogen (secondary N) is 2. The number of ether oxygens (including phenoxy) is 1. The molecule has 5 heteroatoms. The molecule has 1 aromatic heterocycles. The summed E-state index contributed by atoms with van der Waals surface area (Å²) in [5, 5.41) is 6.68. The van der Waals surface area contributed by atoms with E-state index in [-0.39, 0.29) is 0 Å². The van der Waals surface area contributed by atoms with E-state index in [1.807, 2.05) is 18.5 Å². The standard InChI is InChI=1S/C20H28N4O/c1-5-22-20(23-11-9-17-8-10-21-13-16(17)3)24-14-18-7-6-15(2)12-19(18)25-4/h6-8,10,12-13H,5,9,11,14H2,1-4H3,(H2,22,23,24). The predicted octanol–water partition coefficient (Wildman–Crippen LogP) is 3.00. The molecule has 0 aliphatic carbocycles. The lowest BCUT2D eigenvalue weighted by Crippen LogP contribution is -2.38. The van der Waals surface area contributed by atoms with Gasteiger partial charge in [0.1, 0.15) is 5.75 Å². The van der Waals surface area contributed by atoms with Crippen molar-refractivity contribution in [3.05, 3.63) is 58.9 Å². The van der Waals surface area contributed by atoms with Crippen LogP contribution in [-0.2, 0) is 13.0 Å². The molecule has 0 aliphatic rings. The number of aliphatic imine (C=N–C) groups is 1. The quantitative estimate of drug-likeness (QED) is 0.601. The Hall–Kier alpha value is -2.56. The Balaban J connectivity index is 1.97. The van der Waals surface area contributed by atoms with Crippen molar-refractivity contribution in [1.29, 1.82) is 0 Å². The predicted molar refractivity (Wildman–Crippen MR) is 103 cm³/mol. The van der Waals surface area contributed by atoms with Crippen LogP contribution in [0.2, 0.25) is 0 Å². The van der Waals surface area contributed by atoms with Gasteiger partial charge < -0.3 is 15.4 Å². The minimum Gasteiger partial charge on any atom is -0.496 e. The van der Waals surface area contributed by atoms with E-state index in [1.165, 1.54) is 16.7 Å². The van der Waals surface area contributed by atoms with E-state index in [1.54, 1.807) is 7.11 Å². The van der Waals surface area contributed by atoms with E-state index >= 15 is 0 Å². The summed E-state index contributed by atoms with van der Waals surface area (Å²) in [6.07, 6.45) is 4.68. The number of methoxy groups -OCH3 is 1. The van der Waals surface area contributed by atoms with Gasteiger partial charge in [0.25, 0.3) is 0 Å². The molecule has 25 heavy (non-hydrogen) atoms. The smallest absolute Gasteiger partial charge is 0.191 e. The van der Waals surface area contributed by atoms with Crippen molar-refractivity contribution in [2.75, 3.05) is 20.2 Å². The zero-order chi connectivity index (χ0) is 18.1. The van der Waals surface area contributed by atoms with Crippen molar-refractivity contribution in [1.82, 2.24) is 15.6 Å². The minimum absolute atomic E-state index is 0.576. The maximum atomic E-state index is 5.45. The number of aryl methyl sites for hydroxylation is 2. The second-order valence-electron chi connectivity index (χ2n) is 5.99. The van der Waals surface area contributed by atoms with Gasteiger partial charge in [-0.3, -0.25) is 4.98 Å². The number of benzene rings is 1. The topological polar surface area (TPSA) is 58.5 Å². The summed E-state index contributed by atoms with van der Waals surface area (Å²) in [6, 6.07) is 8.26. The summed E-state index contributed by atoms with van der Waals surface area (Å²) in [4.78, 5) is 8.81. The van der Waals surface area contributed by atoms with Crippen LogP contribution in [0.1, 0.15) is 29.2 Å². The van der Waals surface area contributed by atoms with Crippen LogP contribution < -0.4 is 15.4 Å². The first-order valence-corrected chi connectivity index (χ1v) is 8.69. The number of hydrogen-bond acceptors (Lipinski definition) is 3. The number of aromatic nitrogens is 1. The van der Waals surface area contributed by atoms with Gasteiger partial charge in [0.15, 0.2) is 5.96 Å². The van der Waals surface area contributed by atoms with Gasteiger partial charge in [-0.2, -0.15) is 0 Å². The number of rotatable bonds is 7. The highest BCUT2D eigenvalue weighted by Gasteiger charge is 2.04. The van der Waals surface area contributed by atoms with Gasteiger partial charge in [-0.15, -0.1) is 0 Å². The summed E-state index contributed by atoms with van der Waals surface area (Å²) in [6.45, 7) is 8.43. The van der Waals surface area contributed by atoms with Crippen LogP contribution in [0.25, 0.3) is 0 Å². The van der Waals surface area contributed by atoms with E-state index in [2.05, 4.69) is 59.6 Å². The van der Waals surface area contributed by atoms with E-state index < -0.39 is 0 Å². The number of nitrogens with zero attached hydrogens (tertiary/aromatic N) is 2. The first-order chi connectivity index (χ1) is 12.1. The first-order valence-electron chi connectivity index (χ1n) is 8.69. The van der Waals surface area contributed by atoms with Crippen molar-refractivity contribution >= 4 is 5.96 Å². The molecule has 0 fully saturated rings. The molecule has 134 valence electrons. The fraction of sp³-hybridized carbons (Fsp3) is 0.400. The normalized spacial score (nSPS) is 11.3. The molecular formula is C20H28N4O. The largest absolute Gasteiger partial charge is 0.496 e. The zero-order valence-corrected chi connectivity index (χ0v) is 15.6. The maximum absolute atomic E-state index is 5.45. The SMILES string of the molecule is CCNC(=NCc1ccc(C)cc1OC)NCCc1ccncc1C. The third kappa shape index (κ3) is 5.78. The van der Waals surface area contributed by atoms with Crippen LogP contribution in [0.5, 0.6) is 5.75 Å². The van der Waals surface area contributed by atoms with E-state index in [9.17, 15) is 0 Å². The molecule has 0 saturated carbocycles. The number of hydrogen-bond donors (Lipinski definition) is 2. The minimum atomic E-state index is 0.576. The van der Waals surface area contributed by atoms with Crippen molar-refractivity contribution in [3.8, 4) is 5.75 Å². The van der Waals surface area contributed by atoms with Gasteiger partial charge in [-0.05, 0) is 56.0 Å². The molecule has 0 bridgehead atoms. The third-order valence-electron chi connectivity index (χ3n) is 4.02. The Morgan fingerprint density at radius 2 is 2.00 bits per heavy atom. The van der Waals surface area contributed by atoms with Gasteiger partial charge in [0.05, 0.1) is 13.7 Å². The van der Waals surface area contributed by atoms with Crippen LogP contribution in [-0.4, -0.2) is 31.1 Å². The molecule has 0 atom stereocenters. The van der Waals surface area contributed by atoms with Crippen LogP contribution in [0.15, 0.2) is 41.7 Å². The summed E-state index contributed by atoms with van der Waals surface area (Å²) in [5.41, 5.74) is 4.78. The molecule has 1 aromatic carbocycles. The second kappa shape index (κ2) is 9.67. The fourth-order valence-corrected chi connectivity index (χ4v) is 2.59. The lowest BCUT2D eigenvalue weighted by atomic mass is 10.1. The fourth-order valence-electron chi connectivity index (χ4n) is 2.59. The van der Waals surface area contributed by atoms with Gasteiger partial charge in [-0.1, -0.05) is 12.1 Å². The number of pyridine rings is 1. The summed E-state index contributed by atoms with van der Waals surface area (Å²) < 4.78 is 5.45.